The van der Waals surface area contributed by atoms with Crippen molar-refractivity contribution < 1.29 is 12.8 Å². The molecule has 0 heterocycles. The Hall–Kier alpha value is -0.660. The highest BCUT2D eigenvalue weighted by Crippen LogP contribution is 2.26. The van der Waals surface area contributed by atoms with Crippen LogP contribution >= 0.6 is 27.5 Å². The zero-order chi connectivity index (χ0) is 13.9. The van der Waals surface area contributed by atoms with Gasteiger partial charge >= 0.3 is 0 Å². The Morgan fingerprint density at radius 1 is 1.50 bits per heavy atom. The van der Waals surface area contributed by atoms with Gasteiger partial charge in [0.1, 0.15) is 12.2 Å². The summed E-state index contributed by atoms with van der Waals surface area (Å²) < 4.78 is 40.6. The van der Waals surface area contributed by atoms with E-state index < -0.39 is 15.8 Å². The van der Waals surface area contributed by atoms with E-state index in [0.29, 0.717) is 0 Å². The van der Waals surface area contributed by atoms with E-state index in [1.807, 2.05) is 0 Å². The number of benzene rings is 1. The normalized spacial score (nSPS) is 12.1. The molecule has 18 heavy (non-hydrogen) atoms. The molecule has 0 radical (unpaired) electrons. The highest BCUT2D eigenvalue weighted by Gasteiger charge is 2.17. The molecule has 0 bridgehead atoms. The van der Waals surface area contributed by atoms with Crippen LogP contribution in [0.15, 0.2) is 21.4 Å². The first-order valence-corrected chi connectivity index (χ1v) is 7.72. The fourth-order valence-corrected chi connectivity index (χ4v) is 3.10. The molecule has 100 valence electrons. The topological polar surface area (TPSA) is 49.7 Å². The van der Waals surface area contributed by atoms with E-state index in [2.05, 4.69) is 20.3 Å². The van der Waals surface area contributed by atoms with Crippen LogP contribution in [0, 0.1) is 5.82 Å². The Labute approximate surface area is 119 Å². The van der Waals surface area contributed by atoms with Crippen molar-refractivity contribution in [2.45, 2.75) is 10.2 Å². The Morgan fingerprint density at radius 2 is 2.11 bits per heavy atom. The van der Waals surface area contributed by atoms with Gasteiger partial charge in [-0.05, 0) is 12.1 Å². The molecule has 0 unspecified atom stereocenters. The summed E-state index contributed by atoms with van der Waals surface area (Å²) in [7, 11) is -0.686. The molecule has 0 N–H and O–H groups in total. The van der Waals surface area contributed by atoms with Crippen LogP contribution in [0.5, 0.6) is 0 Å². The van der Waals surface area contributed by atoms with Gasteiger partial charge in [-0.3, -0.25) is 0 Å². The molecule has 4 nitrogen and oxygen atoms in total. The average Bonchev–Trinajstić information content (AvgIpc) is 2.26. The van der Waals surface area contributed by atoms with Crippen molar-refractivity contribution >= 4 is 43.9 Å². The van der Waals surface area contributed by atoms with Crippen molar-refractivity contribution in [1.29, 1.82) is 0 Å². The van der Waals surface area contributed by atoms with Gasteiger partial charge in [-0.1, -0.05) is 27.5 Å². The van der Waals surface area contributed by atoms with Crippen LogP contribution in [0.25, 0.3) is 0 Å². The van der Waals surface area contributed by atoms with Crippen LogP contribution in [-0.4, -0.2) is 33.8 Å². The summed E-state index contributed by atoms with van der Waals surface area (Å²) in [6.45, 7) is 0. The van der Waals surface area contributed by atoms with Crippen molar-refractivity contribution in [2.75, 3.05) is 14.1 Å². The van der Waals surface area contributed by atoms with Crippen molar-refractivity contribution in [2.24, 2.45) is 4.40 Å². The van der Waals surface area contributed by atoms with Gasteiger partial charge in [-0.25, -0.2) is 4.39 Å². The Bertz CT molecular complexity index is 552. The minimum absolute atomic E-state index is 0.0468. The first-order chi connectivity index (χ1) is 8.27. The predicted octanol–water partition coefficient (Wildman–Crippen LogP) is 2.65. The fraction of sp³-hybridized carbons (Fsp3) is 0.300. The second kappa shape index (κ2) is 5.99. The SMILES string of the molecule is CN(C)/C=N/S(=O)(=O)c1cc(F)c(CBr)c(Cl)c1. The van der Waals surface area contributed by atoms with Gasteiger partial charge in [-0.2, -0.15) is 8.42 Å². The minimum Gasteiger partial charge on any atom is -0.368 e. The van der Waals surface area contributed by atoms with Crippen molar-refractivity contribution in [1.82, 2.24) is 4.90 Å². The predicted molar refractivity (Wildman–Crippen MR) is 73.4 cm³/mol. The number of nitrogens with zero attached hydrogens (tertiary/aromatic N) is 2. The molecule has 1 aromatic carbocycles. The van der Waals surface area contributed by atoms with Crippen molar-refractivity contribution in [3.05, 3.63) is 28.5 Å². The monoisotopic (exact) mass is 356 g/mol. The Balaban J connectivity index is 3.27. The maximum absolute atomic E-state index is 13.6. The summed E-state index contributed by atoms with van der Waals surface area (Å²) >= 11 is 8.88. The molecule has 0 saturated carbocycles. The molecule has 0 aliphatic carbocycles. The van der Waals surface area contributed by atoms with Gasteiger partial charge in [0.15, 0.2) is 0 Å². The summed E-state index contributed by atoms with van der Waals surface area (Å²) in [5.74, 6) is -0.682. The summed E-state index contributed by atoms with van der Waals surface area (Å²) in [6.07, 6.45) is 1.12. The largest absolute Gasteiger partial charge is 0.368 e. The Kier molecular flexibility index (Phi) is 5.12. The number of sulfonamides is 1. The molecule has 0 aliphatic heterocycles. The lowest BCUT2D eigenvalue weighted by Crippen LogP contribution is -2.10. The second-order valence-corrected chi connectivity index (χ2v) is 6.26. The van der Waals surface area contributed by atoms with E-state index in [0.717, 1.165) is 12.4 Å². The lowest BCUT2D eigenvalue weighted by molar-refractivity contribution is 0.588. The number of halogens is 3. The van der Waals surface area contributed by atoms with Gasteiger partial charge in [0.25, 0.3) is 10.0 Å². The third-order valence-corrected chi connectivity index (χ3v) is 4.06. The van der Waals surface area contributed by atoms with Gasteiger partial charge in [0, 0.05) is 30.0 Å². The lowest BCUT2D eigenvalue weighted by atomic mass is 10.2. The van der Waals surface area contributed by atoms with E-state index in [9.17, 15) is 12.8 Å². The number of alkyl halides is 1. The highest BCUT2D eigenvalue weighted by atomic mass is 79.9. The zero-order valence-corrected chi connectivity index (χ0v) is 12.9. The second-order valence-electron chi connectivity index (χ2n) is 3.66. The maximum atomic E-state index is 13.6. The van der Waals surface area contributed by atoms with Gasteiger partial charge in [-0.15, -0.1) is 4.40 Å². The molecule has 0 aromatic heterocycles. The van der Waals surface area contributed by atoms with Gasteiger partial charge in [0.05, 0.1) is 4.90 Å². The summed E-state index contributed by atoms with van der Waals surface area (Å²) in [4.78, 5) is 1.19. The van der Waals surface area contributed by atoms with Gasteiger partial charge in [0.2, 0.25) is 0 Å². The molecule has 1 rings (SSSR count). The van der Waals surface area contributed by atoms with Crippen LogP contribution in [0.1, 0.15) is 5.56 Å². The standard InChI is InChI=1S/C10H11BrClFN2O2S/c1-15(2)6-14-18(16,17)7-3-9(12)8(5-11)10(13)4-7/h3-4,6H,5H2,1-2H3/b14-6+. The van der Waals surface area contributed by atoms with Crippen LogP contribution in [0.2, 0.25) is 5.02 Å². The highest BCUT2D eigenvalue weighted by molar-refractivity contribution is 9.08. The first kappa shape index (κ1) is 15.4. The summed E-state index contributed by atoms with van der Waals surface area (Å²) in [6, 6.07) is 2.09. The van der Waals surface area contributed by atoms with E-state index >= 15 is 0 Å². The van der Waals surface area contributed by atoms with Crippen LogP contribution in [-0.2, 0) is 15.4 Å². The van der Waals surface area contributed by atoms with Crippen LogP contribution in [0.4, 0.5) is 4.39 Å². The molecule has 0 atom stereocenters. The van der Waals surface area contributed by atoms with Crippen molar-refractivity contribution in [3.63, 3.8) is 0 Å². The average molecular weight is 358 g/mol. The molecule has 0 aliphatic rings. The third-order valence-electron chi connectivity index (χ3n) is 1.96. The van der Waals surface area contributed by atoms with E-state index in [1.54, 1.807) is 14.1 Å². The van der Waals surface area contributed by atoms with Crippen LogP contribution in [0.3, 0.4) is 0 Å². The summed E-state index contributed by atoms with van der Waals surface area (Å²) in [5, 5.41) is 0.254. The summed E-state index contributed by atoms with van der Waals surface area (Å²) in [5.41, 5.74) is 0.215. The zero-order valence-electron chi connectivity index (χ0n) is 9.69. The molecular formula is C10H11BrClFN2O2S. The molecule has 0 spiro atoms. The molecule has 8 heteroatoms. The maximum Gasteiger partial charge on any atom is 0.283 e. The minimum atomic E-state index is -3.94. The molecular weight excluding hydrogens is 347 g/mol. The quantitative estimate of drug-likeness (QED) is 0.473. The first-order valence-electron chi connectivity index (χ1n) is 4.78. The Morgan fingerprint density at radius 3 is 2.56 bits per heavy atom. The fourth-order valence-electron chi connectivity index (χ4n) is 1.07. The van der Waals surface area contributed by atoms with Crippen molar-refractivity contribution in [3.8, 4) is 0 Å². The smallest absolute Gasteiger partial charge is 0.283 e. The van der Waals surface area contributed by atoms with E-state index in [4.69, 9.17) is 11.6 Å². The molecule has 0 fully saturated rings. The molecule has 1 aromatic rings. The number of rotatable bonds is 4. The van der Waals surface area contributed by atoms with E-state index in [-0.39, 0.29) is 20.8 Å². The van der Waals surface area contributed by atoms with Crippen LogP contribution < -0.4 is 0 Å². The lowest BCUT2D eigenvalue weighted by Gasteiger charge is -2.06. The van der Waals surface area contributed by atoms with E-state index in [1.165, 1.54) is 11.0 Å². The molecule has 0 amide bonds. The number of hydrogen-bond acceptors (Lipinski definition) is 2. The number of hydrogen-bond donors (Lipinski definition) is 0. The van der Waals surface area contributed by atoms with Gasteiger partial charge < -0.3 is 4.90 Å². The third kappa shape index (κ3) is 3.66. The molecule has 0 saturated heterocycles.